The number of allylic oxidation sites excluding steroid dienone is 1. The van der Waals surface area contributed by atoms with Crippen molar-refractivity contribution in [3.63, 3.8) is 0 Å². The summed E-state index contributed by atoms with van der Waals surface area (Å²) < 4.78 is 29.5. The lowest BCUT2D eigenvalue weighted by Crippen LogP contribution is -2.59. The molecule has 34 heavy (non-hydrogen) atoms. The predicted molar refractivity (Wildman–Crippen MR) is 135 cm³/mol. The minimum Gasteiger partial charge on any atom is -0.469 e. The van der Waals surface area contributed by atoms with E-state index in [9.17, 15) is 4.79 Å². The van der Waals surface area contributed by atoms with E-state index in [0.29, 0.717) is 6.42 Å². The van der Waals surface area contributed by atoms with Crippen molar-refractivity contribution >= 4 is 5.97 Å². The molecule has 1 heterocycles. The molecular weight excluding hydrogens is 432 g/mol. The number of ether oxygens (including phenoxy) is 5. The van der Waals surface area contributed by atoms with Crippen molar-refractivity contribution in [1.82, 2.24) is 0 Å². The Morgan fingerprint density at radius 3 is 2.24 bits per heavy atom. The van der Waals surface area contributed by atoms with Gasteiger partial charge in [0.2, 0.25) is 0 Å². The Morgan fingerprint density at radius 1 is 1.00 bits per heavy atom. The van der Waals surface area contributed by atoms with Crippen LogP contribution >= 0.6 is 0 Å². The second-order valence-corrected chi connectivity index (χ2v) is 10.8. The Balaban J connectivity index is 1.78. The van der Waals surface area contributed by atoms with Crippen LogP contribution in [0.5, 0.6) is 0 Å². The quantitative estimate of drug-likeness (QED) is 0.116. The first-order chi connectivity index (χ1) is 16.2. The summed E-state index contributed by atoms with van der Waals surface area (Å²) in [4.78, 5) is 11.1. The lowest BCUT2D eigenvalue weighted by Gasteiger charge is -2.49. The molecule has 2 rings (SSSR count). The van der Waals surface area contributed by atoms with Gasteiger partial charge in [-0.15, -0.1) is 0 Å². The maximum absolute atomic E-state index is 11.1. The van der Waals surface area contributed by atoms with Gasteiger partial charge in [-0.2, -0.15) is 0 Å². The molecule has 0 spiro atoms. The highest BCUT2D eigenvalue weighted by atomic mass is 16.6. The number of rotatable bonds is 16. The fraction of sp³-hybridized carbons (Fsp3) is 0.893. The van der Waals surface area contributed by atoms with E-state index in [1.165, 1.54) is 38.4 Å². The van der Waals surface area contributed by atoms with E-state index in [2.05, 4.69) is 38.5 Å². The molecule has 0 amide bonds. The average Bonchev–Trinajstić information content (AvgIpc) is 3.49. The van der Waals surface area contributed by atoms with Crippen LogP contribution in [0.4, 0.5) is 0 Å². The highest BCUT2D eigenvalue weighted by molar-refractivity contribution is 5.68. The van der Waals surface area contributed by atoms with Crippen LogP contribution in [0, 0.1) is 5.92 Å². The molecule has 2 fully saturated rings. The van der Waals surface area contributed by atoms with Crippen molar-refractivity contribution in [2.45, 2.75) is 128 Å². The number of methoxy groups -OCH3 is 3. The topological polar surface area (TPSA) is 66.5 Å². The number of epoxide rings is 1. The number of hydrogen-bond acceptors (Lipinski definition) is 6. The first-order valence-corrected chi connectivity index (χ1v) is 13.3. The molecule has 0 aromatic heterocycles. The average molecular weight is 483 g/mol. The summed E-state index contributed by atoms with van der Waals surface area (Å²) in [6.07, 6.45) is 13.7. The third-order valence-electron chi connectivity index (χ3n) is 7.94. The predicted octanol–water partition coefficient (Wildman–Crippen LogP) is 6.01. The van der Waals surface area contributed by atoms with E-state index in [4.69, 9.17) is 18.9 Å². The summed E-state index contributed by atoms with van der Waals surface area (Å²) in [5, 5.41) is 0. The molecular formula is C28H50O6. The van der Waals surface area contributed by atoms with E-state index in [1.54, 1.807) is 7.11 Å². The summed E-state index contributed by atoms with van der Waals surface area (Å²) >= 11 is 0. The second kappa shape index (κ2) is 14.0. The van der Waals surface area contributed by atoms with Gasteiger partial charge in [0.1, 0.15) is 5.60 Å². The van der Waals surface area contributed by atoms with E-state index >= 15 is 0 Å². The van der Waals surface area contributed by atoms with Gasteiger partial charge < -0.3 is 23.7 Å². The van der Waals surface area contributed by atoms with Crippen molar-refractivity contribution in [3.8, 4) is 0 Å². The molecule has 0 N–H and O–H groups in total. The van der Waals surface area contributed by atoms with Crippen LogP contribution in [0.25, 0.3) is 0 Å². The molecule has 0 unspecified atom stereocenters. The molecule has 2 aliphatic rings. The molecule has 0 aromatic carbocycles. The SMILES string of the molecule is COC(=O)CCCCCCCCCO[C@H]1CC[C@@](C)(OC)[C@@H]([C@@]2(C)O[C@@H]2CC=C(C)C)[C@@H]1OC. The highest BCUT2D eigenvalue weighted by Crippen LogP contribution is 2.55. The number of hydrogen-bond donors (Lipinski definition) is 0. The Bertz CT molecular complexity index is 645. The third-order valence-corrected chi connectivity index (χ3v) is 7.94. The monoisotopic (exact) mass is 482 g/mol. The summed E-state index contributed by atoms with van der Waals surface area (Å²) in [6.45, 7) is 9.45. The van der Waals surface area contributed by atoms with Gasteiger partial charge in [-0.3, -0.25) is 4.79 Å². The minimum absolute atomic E-state index is 0.0461. The van der Waals surface area contributed by atoms with E-state index in [0.717, 1.165) is 45.1 Å². The van der Waals surface area contributed by atoms with E-state index in [-0.39, 0.29) is 41.4 Å². The van der Waals surface area contributed by atoms with Gasteiger partial charge in [-0.1, -0.05) is 43.8 Å². The molecule has 6 heteroatoms. The number of unbranched alkanes of at least 4 members (excludes halogenated alkanes) is 6. The Labute approximate surface area is 208 Å². The molecule has 1 saturated carbocycles. The van der Waals surface area contributed by atoms with Gasteiger partial charge >= 0.3 is 5.97 Å². The highest BCUT2D eigenvalue weighted by Gasteiger charge is 2.66. The van der Waals surface area contributed by atoms with Crippen molar-refractivity contribution in [2.24, 2.45) is 5.92 Å². The maximum Gasteiger partial charge on any atom is 0.305 e. The standard InChI is InChI=1S/C28H50O6/c1-21(2)16-17-23-28(4,34-23)26-25(31-6)22(18-19-27(26,3)32-7)33-20-14-12-10-8-9-11-13-15-24(29)30-5/h16,22-23,25-26H,8-15,17-20H2,1-7H3/t22-,23+,25+,26-,27+,28-/m0/s1. The van der Waals surface area contributed by atoms with Crippen LogP contribution in [0.2, 0.25) is 0 Å². The van der Waals surface area contributed by atoms with Crippen LogP contribution in [0.15, 0.2) is 11.6 Å². The summed E-state index contributed by atoms with van der Waals surface area (Å²) in [6, 6.07) is 0. The Hall–Kier alpha value is -0.950. The lowest BCUT2D eigenvalue weighted by atomic mass is 9.66. The lowest BCUT2D eigenvalue weighted by molar-refractivity contribution is -0.195. The fourth-order valence-corrected chi connectivity index (χ4v) is 5.70. The normalized spacial score (nSPS) is 32.9. The molecule has 6 nitrogen and oxygen atoms in total. The van der Waals surface area contributed by atoms with Crippen LogP contribution in [0.1, 0.15) is 98.3 Å². The van der Waals surface area contributed by atoms with Crippen molar-refractivity contribution in [3.05, 3.63) is 11.6 Å². The van der Waals surface area contributed by atoms with Gasteiger partial charge in [0, 0.05) is 33.2 Å². The molecule has 1 saturated heterocycles. The van der Waals surface area contributed by atoms with Gasteiger partial charge in [0.15, 0.2) is 0 Å². The van der Waals surface area contributed by atoms with Gasteiger partial charge in [-0.05, 0) is 59.8 Å². The smallest absolute Gasteiger partial charge is 0.305 e. The molecule has 0 bridgehead atoms. The zero-order valence-corrected chi connectivity index (χ0v) is 22.8. The van der Waals surface area contributed by atoms with Crippen LogP contribution in [-0.4, -0.2) is 63.4 Å². The van der Waals surface area contributed by atoms with Crippen molar-refractivity contribution in [2.75, 3.05) is 27.9 Å². The molecule has 1 aliphatic carbocycles. The van der Waals surface area contributed by atoms with Crippen LogP contribution in [-0.2, 0) is 28.5 Å². The van der Waals surface area contributed by atoms with Crippen LogP contribution in [0.3, 0.4) is 0 Å². The van der Waals surface area contributed by atoms with Gasteiger partial charge in [-0.25, -0.2) is 0 Å². The largest absolute Gasteiger partial charge is 0.469 e. The minimum atomic E-state index is -0.289. The Morgan fingerprint density at radius 2 is 1.65 bits per heavy atom. The van der Waals surface area contributed by atoms with Crippen LogP contribution < -0.4 is 0 Å². The molecule has 0 aromatic rings. The van der Waals surface area contributed by atoms with Gasteiger partial charge in [0.25, 0.3) is 0 Å². The van der Waals surface area contributed by atoms with Gasteiger partial charge in [0.05, 0.1) is 31.0 Å². The summed E-state index contributed by atoms with van der Waals surface area (Å²) in [5.41, 5.74) is 0.776. The number of carbonyl (C=O) groups is 1. The molecule has 1 aliphatic heterocycles. The number of esters is 1. The van der Waals surface area contributed by atoms with E-state index in [1.807, 2.05) is 7.11 Å². The maximum atomic E-state index is 11.1. The number of carbonyl (C=O) groups excluding carboxylic acids is 1. The fourth-order valence-electron chi connectivity index (χ4n) is 5.70. The second-order valence-electron chi connectivity index (χ2n) is 10.8. The molecule has 6 atom stereocenters. The van der Waals surface area contributed by atoms with Crippen molar-refractivity contribution < 1.29 is 28.5 Å². The zero-order valence-electron chi connectivity index (χ0n) is 22.8. The summed E-state index contributed by atoms with van der Waals surface area (Å²) in [5.74, 6) is 0.0160. The molecule has 0 radical (unpaired) electrons. The molecule has 198 valence electrons. The first-order valence-electron chi connectivity index (χ1n) is 13.3. The summed E-state index contributed by atoms with van der Waals surface area (Å²) in [7, 11) is 5.06. The Kier molecular flexibility index (Phi) is 12.0. The first kappa shape index (κ1) is 29.3. The van der Waals surface area contributed by atoms with E-state index < -0.39 is 0 Å². The zero-order chi connectivity index (χ0) is 25.2. The van der Waals surface area contributed by atoms with Crippen molar-refractivity contribution in [1.29, 1.82) is 0 Å². The third kappa shape index (κ3) is 8.04.